The molecule has 0 aliphatic carbocycles. The van der Waals surface area contributed by atoms with Crippen LogP contribution in [0.3, 0.4) is 0 Å². The predicted octanol–water partition coefficient (Wildman–Crippen LogP) is 3.42. The number of hydrogen-bond acceptors (Lipinski definition) is 4. The van der Waals surface area contributed by atoms with Gasteiger partial charge in [-0.25, -0.2) is 4.79 Å². The summed E-state index contributed by atoms with van der Waals surface area (Å²) in [5.41, 5.74) is 2.29. The quantitative estimate of drug-likeness (QED) is 0.826. The van der Waals surface area contributed by atoms with Crippen LogP contribution in [0.2, 0.25) is 5.02 Å². The molecule has 1 saturated heterocycles. The van der Waals surface area contributed by atoms with E-state index in [9.17, 15) is 4.79 Å². The van der Waals surface area contributed by atoms with E-state index in [0.717, 1.165) is 36.5 Å². The van der Waals surface area contributed by atoms with Gasteiger partial charge in [-0.1, -0.05) is 23.7 Å². The van der Waals surface area contributed by atoms with Crippen molar-refractivity contribution in [1.29, 1.82) is 0 Å². The third kappa shape index (κ3) is 4.24. The highest BCUT2D eigenvalue weighted by Gasteiger charge is 2.24. The van der Waals surface area contributed by atoms with Crippen LogP contribution < -0.4 is 15.0 Å². The van der Waals surface area contributed by atoms with E-state index in [1.165, 1.54) is 0 Å². The number of anilines is 1. The Labute approximate surface area is 152 Å². The molecule has 3 rings (SSSR count). The van der Waals surface area contributed by atoms with Gasteiger partial charge in [0.25, 0.3) is 0 Å². The summed E-state index contributed by atoms with van der Waals surface area (Å²) in [7, 11) is 1.66. The summed E-state index contributed by atoms with van der Waals surface area (Å²) >= 11 is 6.12. The highest BCUT2D eigenvalue weighted by atomic mass is 35.5. The zero-order valence-corrected chi connectivity index (χ0v) is 14.8. The summed E-state index contributed by atoms with van der Waals surface area (Å²) in [4.78, 5) is 13.3. The summed E-state index contributed by atoms with van der Waals surface area (Å²) in [5, 5.41) is 13.3. The normalized spacial score (nSPS) is 16.9. The molecule has 0 amide bonds. The Morgan fingerprint density at radius 3 is 2.96 bits per heavy atom. The number of halogens is 1. The van der Waals surface area contributed by atoms with Gasteiger partial charge in [0.2, 0.25) is 0 Å². The van der Waals surface area contributed by atoms with Gasteiger partial charge in [-0.2, -0.15) is 0 Å². The molecule has 25 heavy (non-hydrogen) atoms. The number of benzene rings is 2. The molecule has 5 nitrogen and oxygen atoms in total. The summed E-state index contributed by atoms with van der Waals surface area (Å²) in [6.45, 7) is 2.42. The van der Waals surface area contributed by atoms with Crippen LogP contribution in [0.25, 0.3) is 0 Å². The van der Waals surface area contributed by atoms with Crippen molar-refractivity contribution in [2.75, 3.05) is 25.1 Å². The van der Waals surface area contributed by atoms with E-state index >= 15 is 0 Å². The van der Waals surface area contributed by atoms with Gasteiger partial charge >= 0.3 is 5.97 Å². The van der Waals surface area contributed by atoms with Gasteiger partial charge in [0.15, 0.2) is 0 Å². The van der Waals surface area contributed by atoms with Crippen molar-refractivity contribution in [1.82, 2.24) is 5.32 Å². The van der Waals surface area contributed by atoms with Crippen molar-refractivity contribution in [2.45, 2.75) is 19.0 Å². The SMILES string of the molecule is COc1ccc(Cl)cc1N1CCC(NCc2cccc(C(=O)O)c2)C1. The minimum absolute atomic E-state index is 0.316. The van der Waals surface area contributed by atoms with E-state index in [2.05, 4.69) is 10.2 Å². The van der Waals surface area contributed by atoms with Crippen molar-refractivity contribution in [2.24, 2.45) is 0 Å². The van der Waals surface area contributed by atoms with Crippen molar-refractivity contribution in [3.8, 4) is 5.75 Å². The highest BCUT2D eigenvalue weighted by molar-refractivity contribution is 6.30. The van der Waals surface area contributed by atoms with Crippen LogP contribution in [0, 0.1) is 0 Å². The third-order valence-electron chi connectivity index (χ3n) is 4.44. The largest absolute Gasteiger partial charge is 0.495 e. The predicted molar refractivity (Wildman–Crippen MR) is 98.9 cm³/mol. The van der Waals surface area contributed by atoms with Crippen molar-refractivity contribution < 1.29 is 14.6 Å². The maximum atomic E-state index is 11.1. The number of carbonyl (C=O) groups is 1. The Bertz CT molecular complexity index is 766. The molecular formula is C19H21ClN2O3. The maximum Gasteiger partial charge on any atom is 0.335 e. The molecule has 2 N–H and O–H groups in total. The minimum atomic E-state index is -0.901. The minimum Gasteiger partial charge on any atom is -0.495 e. The lowest BCUT2D eigenvalue weighted by molar-refractivity contribution is 0.0696. The number of carboxylic acid groups (broad SMARTS) is 1. The number of nitrogens with one attached hydrogen (secondary N) is 1. The third-order valence-corrected chi connectivity index (χ3v) is 4.67. The Kier molecular flexibility index (Phi) is 5.46. The molecule has 0 spiro atoms. The van der Waals surface area contributed by atoms with E-state index in [-0.39, 0.29) is 0 Å². The molecule has 0 bridgehead atoms. The van der Waals surface area contributed by atoms with Gasteiger partial charge < -0.3 is 20.1 Å². The summed E-state index contributed by atoms with van der Waals surface area (Å²) < 4.78 is 5.44. The summed E-state index contributed by atoms with van der Waals surface area (Å²) in [6, 6.07) is 13.0. The zero-order chi connectivity index (χ0) is 17.8. The maximum absolute atomic E-state index is 11.1. The monoisotopic (exact) mass is 360 g/mol. The molecule has 1 aliphatic rings. The number of carboxylic acids is 1. The van der Waals surface area contributed by atoms with Crippen molar-refractivity contribution >= 4 is 23.3 Å². The molecule has 2 aromatic carbocycles. The highest BCUT2D eigenvalue weighted by Crippen LogP contribution is 2.33. The second-order valence-corrected chi connectivity index (χ2v) is 6.57. The fourth-order valence-electron chi connectivity index (χ4n) is 3.13. The molecule has 1 aliphatic heterocycles. The van der Waals surface area contributed by atoms with Crippen LogP contribution in [0.5, 0.6) is 5.75 Å². The zero-order valence-electron chi connectivity index (χ0n) is 14.0. The molecule has 2 aromatic rings. The number of ether oxygens (including phenoxy) is 1. The number of methoxy groups -OCH3 is 1. The van der Waals surface area contributed by atoms with Gasteiger partial charge in [-0.15, -0.1) is 0 Å². The Balaban J connectivity index is 1.61. The Morgan fingerprint density at radius 1 is 1.36 bits per heavy atom. The Morgan fingerprint density at radius 2 is 2.20 bits per heavy atom. The average Bonchev–Trinajstić information content (AvgIpc) is 3.09. The molecule has 0 radical (unpaired) electrons. The van der Waals surface area contributed by atoms with Crippen LogP contribution in [0.4, 0.5) is 5.69 Å². The fraction of sp³-hybridized carbons (Fsp3) is 0.316. The van der Waals surface area contributed by atoms with E-state index in [1.807, 2.05) is 24.3 Å². The molecular weight excluding hydrogens is 340 g/mol. The standard InChI is InChI=1S/C19H21ClN2O3/c1-25-18-6-5-15(20)10-17(18)22-8-7-16(12-22)21-11-13-3-2-4-14(9-13)19(23)24/h2-6,9-10,16,21H,7-8,11-12H2,1H3,(H,23,24). The molecule has 1 atom stereocenters. The van der Waals surface area contributed by atoms with Crippen LogP contribution >= 0.6 is 11.6 Å². The second-order valence-electron chi connectivity index (χ2n) is 6.13. The molecule has 0 saturated carbocycles. The first-order valence-electron chi connectivity index (χ1n) is 8.21. The second kappa shape index (κ2) is 7.76. The van der Waals surface area contributed by atoms with Gasteiger partial charge in [0, 0.05) is 30.7 Å². The molecule has 1 fully saturated rings. The lowest BCUT2D eigenvalue weighted by atomic mass is 10.1. The number of aromatic carboxylic acids is 1. The van der Waals surface area contributed by atoms with Gasteiger partial charge in [0.1, 0.15) is 5.75 Å². The van der Waals surface area contributed by atoms with Gasteiger partial charge in [-0.05, 0) is 42.3 Å². The molecule has 1 unspecified atom stereocenters. The smallest absolute Gasteiger partial charge is 0.335 e. The summed E-state index contributed by atoms with van der Waals surface area (Å²) in [6.07, 6.45) is 1.01. The lowest BCUT2D eigenvalue weighted by Gasteiger charge is -2.22. The average molecular weight is 361 g/mol. The fourth-order valence-corrected chi connectivity index (χ4v) is 3.30. The van der Waals surface area contributed by atoms with Gasteiger partial charge in [-0.3, -0.25) is 0 Å². The topological polar surface area (TPSA) is 61.8 Å². The first kappa shape index (κ1) is 17.6. The van der Waals surface area contributed by atoms with Crippen LogP contribution in [-0.4, -0.2) is 37.3 Å². The Hall–Kier alpha value is -2.24. The van der Waals surface area contributed by atoms with Crippen molar-refractivity contribution in [3.05, 3.63) is 58.6 Å². The lowest BCUT2D eigenvalue weighted by Crippen LogP contribution is -2.32. The molecule has 0 aromatic heterocycles. The van der Waals surface area contributed by atoms with Gasteiger partial charge in [0.05, 0.1) is 18.4 Å². The van der Waals surface area contributed by atoms with E-state index in [1.54, 1.807) is 25.3 Å². The summed E-state index contributed by atoms with van der Waals surface area (Å²) in [5.74, 6) is -0.0823. The van der Waals surface area contributed by atoms with Crippen LogP contribution in [0.15, 0.2) is 42.5 Å². The van der Waals surface area contributed by atoms with Crippen molar-refractivity contribution in [3.63, 3.8) is 0 Å². The first-order chi connectivity index (χ1) is 12.1. The first-order valence-corrected chi connectivity index (χ1v) is 8.58. The number of nitrogens with zero attached hydrogens (tertiary/aromatic N) is 1. The van der Waals surface area contributed by atoms with E-state index in [4.69, 9.17) is 21.4 Å². The number of rotatable bonds is 6. The molecule has 6 heteroatoms. The number of hydrogen-bond donors (Lipinski definition) is 2. The van der Waals surface area contributed by atoms with E-state index < -0.39 is 5.97 Å². The van der Waals surface area contributed by atoms with E-state index in [0.29, 0.717) is 23.2 Å². The molecule has 132 valence electrons. The molecule has 1 heterocycles. The van der Waals surface area contributed by atoms with Crippen LogP contribution in [0.1, 0.15) is 22.3 Å². The van der Waals surface area contributed by atoms with Crippen LogP contribution in [-0.2, 0) is 6.54 Å².